The Labute approximate surface area is 190 Å². The Hall–Kier alpha value is -2.90. The van der Waals surface area contributed by atoms with Gasteiger partial charge in [0.2, 0.25) is 5.91 Å². The third-order valence-corrected chi connectivity index (χ3v) is 6.28. The number of guanidine groups is 1. The second-order valence-electron chi connectivity index (χ2n) is 8.82. The van der Waals surface area contributed by atoms with Crippen LogP contribution in [0, 0.1) is 5.41 Å². The van der Waals surface area contributed by atoms with Gasteiger partial charge in [-0.3, -0.25) is 24.3 Å². The van der Waals surface area contributed by atoms with Gasteiger partial charge < -0.3 is 15.5 Å². The molecule has 0 radical (unpaired) electrons. The lowest BCUT2D eigenvalue weighted by atomic mass is 9.85. The molecule has 2 aliphatic rings. The molecule has 174 valence electrons. The van der Waals surface area contributed by atoms with Crippen molar-refractivity contribution in [3.8, 4) is 0 Å². The highest BCUT2D eigenvalue weighted by Gasteiger charge is 2.42. The number of hydrogen-bond donors (Lipinski definition) is 2. The second-order valence-corrected chi connectivity index (χ2v) is 8.82. The van der Waals surface area contributed by atoms with Gasteiger partial charge in [0.25, 0.3) is 11.8 Å². The number of amides is 3. The molecule has 1 aliphatic carbocycles. The van der Waals surface area contributed by atoms with E-state index in [1.165, 1.54) is 4.90 Å². The summed E-state index contributed by atoms with van der Waals surface area (Å²) in [6, 6.07) is 6.96. The second kappa shape index (κ2) is 10.6. The number of benzene rings is 1. The van der Waals surface area contributed by atoms with Gasteiger partial charge in [-0.25, -0.2) is 0 Å². The smallest absolute Gasteiger partial charge is 0.261 e. The van der Waals surface area contributed by atoms with Crippen molar-refractivity contribution < 1.29 is 14.4 Å². The predicted octanol–water partition coefficient (Wildman–Crippen LogP) is 2.27. The maximum absolute atomic E-state index is 12.8. The molecule has 0 saturated heterocycles. The predicted molar refractivity (Wildman–Crippen MR) is 125 cm³/mol. The van der Waals surface area contributed by atoms with Crippen molar-refractivity contribution in [2.24, 2.45) is 10.4 Å². The van der Waals surface area contributed by atoms with Crippen LogP contribution < -0.4 is 10.6 Å². The van der Waals surface area contributed by atoms with Gasteiger partial charge in [-0.2, -0.15) is 0 Å². The fourth-order valence-corrected chi connectivity index (χ4v) is 4.58. The first kappa shape index (κ1) is 23.8. The van der Waals surface area contributed by atoms with Gasteiger partial charge in [0.15, 0.2) is 5.96 Å². The zero-order chi connectivity index (χ0) is 23.1. The molecule has 1 aromatic carbocycles. The van der Waals surface area contributed by atoms with E-state index in [4.69, 9.17) is 4.99 Å². The van der Waals surface area contributed by atoms with E-state index in [2.05, 4.69) is 10.6 Å². The lowest BCUT2D eigenvalue weighted by molar-refractivity contribution is -0.138. The topological polar surface area (TPSA) is 94.1 Å². The van der Waals surface area contributed by atoms with Gasteiger partial charge >= 0.3 is 0 Å². The standard InChI is InChI=1S/C24H35N5O3/c1-4-25-23(27-17-24(13-7-8-14-24)22(32)28(2)3)26-15-9-10-16-29-20(30)18-11-5-6-12-19(18)21(29)31/h5-6,11-12H,4,7-10,13-17H2,1-3H3,(H2,25,26,27). The van der Waals surface area contributed by atoms with Gasteiger partial charge in [0.1, 0.15) is 0 Å². The molecule has 1 aliphatic heterocycles. The monoisotopic (exact) mass is 441 g/mol. The molecule has 0 atom stereocenters. The van der Waals surface area contributed by atoms with Crippen molar-refractivity contribution in [1.82, 2.24) is 20.4 Å². The summed E-state index contributed by atoms with van der Waals surface area (Å²) in [5, 5.41) is 6.57. The number of fused-ring (bicyclic) bond motifs is 1. The lowest BCUT2D eigenvalue weighted by Gasteiger charge is -2.29. The fraction of sp³-hybridized carbons (Fsp3) is 0.583. The molecule has 3 rings (SSSR count). The lowest BCUT2D eigenvalue weighted by Crippen LogP contribution is -2.43. The quantitative estimate of drug-likeness (QED) is 0.265. The molecule has 32 heavy (non-hydrogen) atoms. The summed E-state index contributed by atoms with van der Waals surface area (Å²) in [6.45, 7) is 4.30. The first-order valence-corrected chi connectivity index (χ1v) is 11.6. The van der Waals surface area contributed by atoms with Gasteiger partial charge in [-0.1, -0.05) is 25.0 Å². The number of carbonyl (C=O) groups excluding carboxylic acids is 3. The van der Waals surface area contributed by atoms with Crippen LogP contribution in [0.2, 0.25) is 0 Å². The van der Waals surface area contributed by atoms with E-state index < -0.39 is 5.41 Å². The van der Waals surface area contributed by atoms with Crippen molar-refractivity contribution in [3.63, 3.8) is 0 Å². The number of nitrogens with zero attached hydrogens (tertiary/aromatic N) is 3. The summed E-state index contributed by atoms with van der Waals surface area (Å²) in [7, 11) is 3.62. The molecule has 0 aromatic heterocycles. The number of rotatable bonds is 9. The highest BCUT2D eigenvalue weighted by molar-refractivity contribution is 6.21. The normalized spacial score (nSPS) is 17.5. The Balaban J connectivity index is 1.48. The van der Waals surface area contributed by atoms with E-state index in [9.17, 15) is 14.4 Å². The third kappa shape index (κ3) is 5.11. The van der Waals surface area contributed by atoms with Gasteiger partial charge in [0, 0.05) is 33.7 Å². The van der Waals surface area contributed by atoms with Crippen molar-refractivity contribution in [2.45, 2.75) is 45.4 Å². The molecule has 3 amide bonds. The van der Waals surface area contributed by atoms with E-state index >= 15 is 0 Å². The van der Waals surface area contributed by atoms with Crippen molar-refractivity contribution in [2.75, 3.05) is 40.3 Å². The van der Waals surface area contributed by atoms with Crippen molar-refractivity contribution in [1.29, 1.82) is 0 Å². The zero-order valence-electron chi connectivity index (χ0n) is 19.4. The van der Waals surface area contributed by atoms with Gasteiger partial charge in [0.05, 0.1) is 23.1 Å². The number of aliphatic imine (C=N–C) groups is 1. The Morgan fingerprint density at radius 1 is 1.06 bits per heavy atom. The molecular weight excluding hydrogens is 406 g/mol. The van der Waals surface area contributed by atoms with Crippen molar-refractivity contribution >= 4 is 23.7 Å². The maximum Gasteiger partial charge on any atom is 0.261 e. The third-order valence-electron chi connectivity index (χ3n) is 6.28. The van der Waals surface area contributed by atoms with Crippen LogP contribution in [-0.4, -0.2) is 73.8 Å². The van der Waals surface area contributed by atoms with Crippen LogP contribution in [0.3, 0.4) is 0 Å². The summed E-state index contributed by atoms with van der Waals surface area (Å²) in [5.74, 6) is 0.448. The Bertz CT molecular complexity index is 839. The van der Waals surface area contributed by atoms with E-state index in [-0.39, 0.29) is 17.7 Å². The van der Waals surface area contributed by atoms with Crippen LogP contribution >= 0.6 is 0 Å². The summed E-state index contributed by atoms with van der Waals surface area (Å²) < 4.78 is 0. The minimum absolute atomic E-state index is 0.163. The van der Waals surface area contributed by atoms with Crippen LogP contribution in [0.15, 0.2) is 29.3 Å². The number of unbranched alkanes of at least 4 members (excludes halogenated alkanes) is 1. The average Bonchev–Trinajstić information content (AvgIpc) is 3.36. The number of hydrogen-bond acceptors (Lipinski definition) is 4. The van der Waals surface area contributed by atoms with E-state index in [0.29, 0.717) is 43.1 Å². The molecule has 1 saturated carbocycles. The summed E-state index contributed by atoms with van der Waals surface area (Å²) >= 11 is 0. The Morgan fingerprint density at radius 2 is 1.69 bits per heavy atom. The Morgan fingerprint density at radius 3 is 2.25 bits per heavy atom. The summed E-state index contributed by atoms with van der Waals surface area (Å²) in [6.07, 6.45) is 5.40. The van der Waals surface area contributed by atoms with Gasteiger partial charge in [-0.15, -0.1) is 0 Å². The molecule has 2 N–H and O–H groups in total. The van der Waals surface area contributed by atoms with E-state index in [0.717, 1.165) is 38.6 Å². The number of carbonyl (C=O) groups is 3. The minimum Gasteiger partial charge on any atom is -0.357 e. The number of nitrogens with one attached hydrogen (secondary N) is 2. The summed E-state index contributed by atoms with van der Waals surface area (Å²) in [4.78, 5) is 45.4. The molecule has 0 unspecified atom stereocenters. The molecule has 1 heterocycles. The van der Waals surface area contributed by atoms with E-state index in [1.807, 2.05) is 21.0 Å². The molecular formula is C24H35N5O3. The van der Waals surface area contributed by atoms with Crippen LogP contribution in [0.1, 0.15) is 66.2 Å². The fourth-order valence-electron chi connectivity index (χ4n) is 4.58. The number of imide groups is 1. The SMILES string of the molecule is CCNC(=NCC1(C(=O)N(C)C)CCCC1)NCCCCN1C(=O)c2ccccc2C1=O. The van der Waals surface area contributed by atoms with Crippen LogP contribution in [0.25, 0.3) is 0 Å². The summed E-state index contributed by atoms with van der Waals surface area (Å²) in [5.41, 5.74) is 0.591. The van der Waals surface area contributed by atoms with Crippen LogP contribution in [-0.2, 0) is 4.79 Å². The molecule has 0 spiro atoms. The highest BCUT2D eigenvalue weighted by Crippen LogP contribution is 2.39. The molecule has 8 heteroatoms. The van der Waals surface area contributed by atoms with Crippen molar-refractivity contribution in [3.05, 3.63) is 35.4 Å². The molecule has 1 fully saturated rings. The molecule has 0 bridgehead atoms. The molecule has 8 nitrogen and oxygen atoms in total. The first-order chi connectivity index (χ1) is 15.4. The Kier molecular flexibility index (Phi) is 7.88. The van der Waals surface area contributed by atoms with Gasteiger partial charge in [-0.05, 0) is 44.7 Å². The van der Waals surface area contributed by atoms with Crippen LogP contribution in [0.4, 0.5) is 0 Å². The average molecular weight is 442 g/mol. The first-order valence-electron chi connectivity index (χ1n) is 11.6. The molecule has 1 aromatic rings. The van der Waals surface area contributed by atoms with E-state index in [1.54, 1.807) is 29.2 Å². The van der Waals surface area contributed by atoms with Crippen LogP contribution in [0.5, 0.6) is 0 Å². The minimum atomic E-state index is -0.392. The highest BCUT2D eigenvalue weighted by atomic mass is 16.2. The maximum atomic E-state index is 12.8. The zero-order valence-corrected chi connectivity index (χ0v) is 19.4. The largest absolute Gasteiger partial charge is 0.357 e.